The summed E-state index contributed by atoms with van der Waals surface area (Å²) in [6.45, 7) is 12.1. The minimum atomic E-state index is -0.236. The van der Waals surface area contributed by atoms with Gasteiger partial charge < -0.3 is 4.74 Å². The number of ether oxygens (including phenoxy) is 1. The van der Waals surface area contributed by atoms with E-state index in [0.717, 1.165) is 0 Å². The second-order valence-corrected chi connectivity index (χ2v) is 4.61. The second-order valence-electron chi connectivity index (χ2n) is 4.61. The zero-order valence-electron chi connectivity index (χ0n) is 9.06. The van der Waals surface area contributed by atoms with Gasteiger partial charge in [-0.3, -0.25) is 5.41 Å². The summed E-state index contributed by atoms with van der Waals surface area (Å²) in [6.07, 6.45) is 0. The average Bonchev–Trinajstić information content (AvgIpc) is 1.82. The van der Waals surface area contributed by atoms with Crippen LogP contribution in [0.5, 0.6) is 0 Å². The van der Waals surface area contributed by atoms with Crippen molar-refractivity contribution in [2.24, 2.45) is 11.8 Å². The van der Waals surface area contributed by atoms with Crippen molar-refractivity contribution in [2.75, 3.05) is 0 Å². The molecule has 0 saturated carbocycles. The lowest BCUT2D eigenvalue weighted by molar-refractivity contribution is 0.101. The highest BCUT2D eigenvalue weighted by atomic mass is 16.5. The molecule has 1 atom stereocenters. The Bertz CT molecular complexity index is 156. The molecule has 72 valence electrons. The molecule has 0 amide bonds. The molecule has 0 aliphatic rings. The van der Waals surface area contributed by atoms with Gasteiger partial charge in [0.25, 0.3) is 0 Å². The number of hydrogen-bond donors (Lipinski definition) is 1. The Morgan fingerprint density at radius 1 is 1.17 bits per heavy atom. The van der Waals surface area contributed by atoms with Crippen LogP contribution in [0.15, 0.2) is 0 Å². The second kappa shape index (κ2) is 3.92. The van der Waals surface area contributed by atoms with Gasteiger partial charge in [0.05, 0.1) is 0 Å². The van der Waals surface area contributed by atoms with Crippen LogP contribution < -0.4 is 0 Å². The summed E-state index contributed by atoms with van der Waals surface area (Å²) in [4.78, 5) is 0. The maximum absolute atomic E-state index is 7.66. The van der Waals surface area contributed by atoms with Gasteiger partial charge in [-0.05, 0) is 26.7 Å². The third kappa shape index (κ3) is 4.37. The molecule has 0 spiro atoms. The van der Waals surface area contributed by atoms with E-state index < -0.39 is 0 Å². The van der Waals surface area contributed by atoms with Crippen molar-refractivity contribution in [1.82, 2.24) is 0 Å². The molecule has 0 aromatic rings. The molecule has 0 aromatic heterocycles. The van der Waals surface area contributed by atoms with E-state index in [-0.39, 0.29) is 11.5 Å². The minimum absolute atomic E-state index is 0.212. The first-order valence-corrected chi connectivity index (χ1v) is 4.51. The Kier molecular flexibility index (Phi) is 3.75. The van der Waals surface area contributed by atoms with E-state index in [0.29, 0.717) is 11.8 Å². The standard InChI is InChI=1S/C10H21NO/c1-7(2)8(3)9(11)12-10(4,5)6/h7-8,11H,1-6H3. The zero-order valence-corrected chi connectivity index (χ0v) is 9.06. The van der Waals surface area contributed by atoms with Crippen LogP contribution in [-0.2, 0) is 4.74 Å². The van der Waals surface area contributed by atoms with Gasteiger partial charge in [-0.1, -0.05) is 20.8 Å². The molecule has 0 bridgehead atoms. The SMILES string of the molecule is CC(C)C(C)C(=N)OC(C)(C)C. The van der Waals surface area contributed by atoms with E-state index in [1.165, 1.54) is 0 Å². The molecule has 0 heterocycles. The summed E-state index contributed by atoms with van der Waals surface area (Å²) < 4.78 is 5.44. The van der Waals surface area contributed by atoms with Crippen molar-refractivity contribution in [2.45, 2.75) is 47.1 Å². The van der Waals surface area contributed by atoms with Crippen LogP contribution in [0.25, 0.3) is 0 Å². The Morgan fingerprint density at radius 2 is 1.58 bits per heavy atom. The van der Waals surface area contributed by atoms with Gasteiger partial charge in [-0.15, -0.1) is 0 Å². The molecule has 0 aliphatic heterocycles. The van der Waals surface area contributed by atoms with Gasteiger partial charge in [0, 0.05) is 5.92 Å². The summed E-state index contributed by atoms with van der Waals surface area (Å²) in [5, 5.41) is 7.66. The van der Waals surface area contributed by atoms with Gasteiger partial charge in [-0.2, -0.15) is 0 Å². The van der Waals surface area contributed by atoms with Crippen molar-refractivity contribution in [3.05, 3.63) is 0 Å². The molecular formula is C10H21NO. The number of hydrogen-bond acceptors (Lipinski definition) is 2. The molecule has 1 N–H and O–H groups in total. The highest BCUT2D eigenvalue weighted by molar-refractivity contribution is 5.75. The smallest absolute Gasteiger partial charge is 0.184 e. The van der Waals surface area contributed by atoms with Crippen LogP contribution >= 0.6 is 0 Å². The van der Waals surface area contributed by atoms with Gasteiger partial charge >= 0.3 is 0 Å². The van der Waals surface area contributed by atoms with Gasteiger partial charge in [-0.25, -0.2) is 0 Å². The first-order chi connectivity index (χ1) is 5.24. The fraction of sp³-hybridized carbons (Fsp3) is 0.900. The first-order valence-electron chi connectivity index (χ1n) is 4.51. The van der Waals surface area contributed by atoms with E-state index in [1.807, 2.05) is 27.7 Å². The summed E-state index contributed by atoms with van der Waals surface area (Å²) in [6, 6.07) is 0. The van der Waals surface area contributed by atoms with Crippen molar-refractivity contribution in [1.29, 1.82) is 5.41 Å². The fourth-order valence-corrected chi connectivity index (χ4v) is 0.726. The Morgan fingerprint density at radius 3 is 1.83 bits per heavy atom. The van der Waals surface area contributed by atoms with Crippen LogP contribution in [-0.4, -0.2) is 11.5 Å². The maximum atomic E-state index is 7.66. The van der Waals surface area contributed by atoms with Gasteiger partial charge in [0.1, 0.15) is 5.60 Å². The summed E-state index contributed by atoms with van der Waals surface area (Å²) >= 11 is 0. The van der Waals surface area contributed by atoms with E-state index in [2.05, 4.69) is 13.8 Å². The Balaban J connectivity index is 4.05. The van der Waals surface area contributed by atoms with E-state index in [1.54, 1.807) is 0 Å². The highest BCUT2D eigenvalue weighted by Crippen LogP contribution is 2.16. The number of nitrogens with one attached hydrogen (secondary N) is 1. The molecular weight excluding hydrogens is 150 g/mol. The average molecular weight is 171 g/mol. The summed E-state index contributed by atoms with van der Waals surface area (Å²) in [7, 11) is 0. The quantitative estimate of drug-likeness (QED) is 0.502. The largest absolute Gasteiger partial charge is 0.475 e. The monoisotopic (exact) mass is 171 g/mol. The topological polar surface area (TPSA) is 33.1 Å². The lowest BCUT2D eigenvalue weighted by Crippen LogP contribution is -2.29. The summed E-state index contributed by atoms with van der Waals surface area (Å²) in [5.41, 5.74) is -0.236. The normalized spacial score (nSPS) is 14.6. The third-order valence-electron chi connectivity index (χ3n) is 1.83. The van der Waals surface area contributed by atoms with Crippen molar-refractivity contribution >= 4 is 5.90 Å². The predicted octanol–water partition coefficient (Wildman–Crippen LogP) is 3.07. The van der Waals surface area contributed by atoms with Gasteiger partial charge in [0.2, 0.25) is 0 Å². The summed E-state index contributed by atoms with van der Waals surface area (Å²) in [5.74, 6) is 1.08. The van der Waals surface area contributed by atoms with Crippen LogP contribution in [0, 0.1) is 17.2 Å². The van der Waals surface area contributed by atoms with E-state index >= 15 is 0 Å². The lowest BCUT2D eigenvalue weighted by atomic mass is 9.98. The lowest BCUT2D eigenvalue weighted by Gasteiger charge is -2.26. The van der Waals surface area contributed by atoms with Crippen molar-refractivity contribution in [3.63, 3.8) is 0 Å². The zero-order chi connectivity index (χ0) is 9.94. The molecule has 0 saturated heterocycles. The van der Waals surface area contributed by atoms with Crippen molar-refractivity contribution < 1.29 is 4.74 Å². The minimum Gasteiger partial charge on any atom is -0.475 e. The van der Waals surface area contributed by atoms with Crippen molar-refractivity contribution in [3.8, 4) is 0 Å². The Hall–Kier alpha value is -0.530. The molecule has 2 nitrogen and oxygen atoms in total. The predicted molar refractivity (Wildman–Crippen MR) is 52.6 cm³/mol. The fourth-order valence-electron chi connectivity index (χ4n) is 0.726. The van der Waals surface area contributed by atoms with Gasteiger partial charge in [0.15, 0.2) is 5.90 Å². The molecule has 0 aliphatic carbocycles. The molecule has 0 rings (SSSR count). The van der Waals surface area contributed by atoms with Crippen LogP contribution in [0.4, 0.5) is 0 Å². The van der Waals surface area contributed by atoms with E-state index in [4.69, 9.17) is 10.1 Å². The van der Waals surface area contributed by atoms with E-state index in [9.17, 15) is 0 Å². The third-order valence-corrected chi connectivity index (χ3v) is 1.83. The molecule has 2 heteroatoms. The van der Waals surface area contributed by atoms with Crippen LogP contribution in [0.1, 0.15) is 41.5 Å². The van der Waals surface area contributed by atoms with Crippen LogP contribution in [0.3, 0.4) is 0 Å². The Labute approximate surface area is 75.8 Å². The molecule has 0 aromatic carbocycles. The molecule has 1 unspecified atom stereocenters. The van der Waals surface area contributed by atoms with Crippen LogP contribution in [0.2, 0.25) is 0 Å². The molecule has 12 heavy (non-hydrogen) atoms. The first kappa shape index (κ1) is 11.5. The highest BCUT2D eigenvalue weighted by Gasteiger charge is 2.20. The molecule has 0 fully saturated rings. The molecule has 0 radical (unpaired) electrons. The number of rotatable bonds is 2. The maximum Gasteiger partial charge on any atom is 0.184 e.